The highest BCUT2D eigenvalue weighted by Crippen LogP contribution is 2.31. The molecule has 0 saturated heterocycles. The van der Waals surface area contributed by atoms with Crippen LogP contribution in [0.2, 0.25) is 0 Å². The highest BCUT2D eigenvalue weighted by molar-refractivity contribution is 5.79. The quantitative estimate of drug-likeness (QED) is 0.438. The minimum Gasteiger partial charge on any atom is -0.480 e. The molecule has 1 unspecified atom stereocenters. The molecule has 0 aliphatic carbocycles. The molecular formula is C20H27NO8. The second kappa shape index (κ2) is 10.6. The predicted octanol–water partition coefficient (Wildman–Crippen LogP) is 1.98. The fourth-order valence-electron chi connectivity index (χ4n) is 2.65. The van der Waals surface area contributed by atoms with E-state index in [1.165, 1.54) is 25.1 Å². The Balaban J connectivity index is 3.18. The van der Waals surface area contributed by atoms with E-state index in [9.17, 15) is 24.3 Å². The average Bonchev–Trinajstić information content (AvgIpc) is 2.62. The number of aliphatic carboxylic acids is 1. The van der Waals surface area contributed by atoms with Gasteiger partial charge in [0.1, 0.15) is 11.6 Å². The van der Waals surface area contributed by atoms with Crippen LogP contribution in [-0.2, 0) is 30.3 Å². The first kappa shape index (κ1) is 24.1. The van der Waals surface area contributed by atoms with Crippen LogP contribution in [0.1, 0.15) is 52.5 Å². The Labute approximate surface area is 169 Å². The number of carboxylic acids is 1. The number of benzene rings is 1. The van der Waals surface area contributed by atoms with Gasteiger partial charge in [0.2, 0.25) is 0 Å². The Hall–Kier alpha value is -2.94. The third-order valence-corrected chi connectivity index (χ3v) is 4.00. The van der Waals surface area contributed by atoms with Crippen LogP contribution in [0.3, 0.4) is 0 Å². The van der Waals surface area contributed by atoms with Crippen molar-refractivity contribution < 1.29 is 38.5 Å². The molecule has 29 heavy (non-hydrogen) atoms. The Morgan fingerprint density at radius 1 is 1.07 bits per heavy atom. The molecule has 9 heteroatoms. The molecule has 0 bridgehead atoms. The summed E-state index contributed by atoms with van der Waals surface area (Å²) in [6.07, 6.45) is -0.746. The zero-order valence-corrected chi connectivity index (χ0v) is 17.0. The molecule has 0 saturated carbocycles. The Kier molecular flexibility index (Phi) is 8.78. The summed E-state index contributed by atoms with van der Waals surface area (Å²) in [5, 5.41) is 9.61. The predicted molar refractivity (Wildman–Crippen MR) is 102 cm³/mol. The molecule has 0 heterocycles. The van der Waals surface area contributed by atoms with Gasteiger partial charge in [0.15, 0.2) is 11.5 Å². The molecule has 9 nitrogen and oxygen atoms in total. The normalized spacial score (nSPS) is 13.7. The molecule has 1 aromatic rings. The van der Waals surface area contributed by atoms with Gasteiger partial charge in [-0.2, -0.15) is 0 Å². The van der Waals surface area contributed by atoms with Crippen LogP contribution in [0.25, 0.3) is 0 Å². The van der Waals surface area contributed by atoms with Crippen molar-refractivity contribution in [3.63, 3.8) is 0 Å². The lowest BCUT2D eigenvalue weighted by atomic mass is 9.86. The molecule has 0 aliphatic heterocycles. The summed E-state index contributed by atoms with van der Waals surface area (Å²) in [6, 6.07) is 4.36. The van der Waals surface area contributed by atoms with Gasteiger partial charge >= 0.3 is 23.9 Å². The maximum absolute atomic E-state index is 11.8. The van der Waals surface area contributed by atoms with Crippen molar-refractivity contribution in [2.45, 2.75) is 65.0 Å². The van der Waals surface area contributed by atoms with Crippen molar-refractivity contribution in [1.29, 1.82) is 0 Å². The first-order valence-electron chi connectivity index (χ1n) is 9.24. The van der Waals surface area contributed by atoms with E-state index in [1.807, 2.05) is 0 Å². The van der Waals surface area contributed by atoms with Crippen LogP contribution >= 0.6 is 0 Å². The van der Waals surface area contributed by atoms with Crippen LogP contribution in [0.5, 0.6) is 11.5 Å². The molecule has 2 atom stereocenters. The van der Waals surface area contributed by atoms with Crippen molar-refractivity contribution in [2.75, 3.05) is 0 Å². The molecule has 3 N–H and O–H groups in total. The van der Waals surface area contributed by atoms with E-state index in [0.717, 1.165) is 0 Å². The van der Waals surface area contributed by atoms with Crippen LogP contribution in [-0.4, -0.2) is 40.6 Å². The smallest absolute Gasteiger partial charge is 0.324 e. The topological polar surface area (TPSA) is 142 Å². The Morgan fingerprint density at radius 2 is 1.62 bits per heavy atom. The second-order valence-corrected chi connectivity index (χ2v) is 6.70. The summed E-state index contributed by atoms with van der Waals surface area (Å²) in [6.45, 7) is 6.00. The van der Waals surface area contributed by atoms with Gasteiger partial charge in [-0.15, -0.1) is 0 Å². The van der Waals surface area contributed by atoms with Crippen molar-refractivity contribution in [2.24, 2.45) is 5.73 Å². The monoisotopic (exact) mass is 409 g/mol. The largest absolute Gasteiger partial charge is 0.480 e. The maximum atomic E-state index is 11.8. The van der Waals surface area contributed by atoms with Crippen molar-refractivity contribution in [3.05, 3.63) is 23.8 Å². The van der Waals surface area contributed by atoms with E-state index in [0.29, 0.717) is 5.56 Å². The lowest BCUT2D eigenvalue weighted by Gasteiger charge is -2.28. The lowest BCUT2D eigenvalue weighted by Crippen LogP contribution is -2.52. The number of hydrogen-bond acceptors (Lipinski definition) is 8. The number of rotatable bonds is 10. The van der Waals surface area contributed by atoms with E-state index in [2.05, 4.69) is 0 Å². The summed E-state index contributed by atoms with van der Waals surface area (Å²) in [5.41, 5.74) is 4.79. The van der Waals surface area contributed by atoms with Crippen LogP contribution in [0, 0.1) is 0 Å². The number of hydrogen-bond donors (Lipinski definition) is 2. The van der Waals surface area contributed by atoms with Gasteiger partial charge in [0.25, 0.3) is 0 Å². The number of carbonyl (C=O) groups excluding carboxylic acids is 3. The van der Waals surface area contributed by atoms with Gasteiger partial charge in [-0.1, -0.05) is 19.9 Å². The molecule has 1 aromatic carbocycles. The van der Waals surface area contributed by atoms with E-state index >= 15 is 0 Å². The molecule has 0 radical (unpaired) electrons. The Bertz CT molecular complexity index is 776. The SMILES string of the molecule is CCC(=O)Oc1ccc(CC(N)(C[C@H](C)OC(C)=O)C(=O)O)cc1OC(=O)CC. The van der Waals surface area contributed by atoms with Crippen LogP contribution in [0.15, 0.2) is 18.2 Å². The summed E-state index contributed by atoms with van der Waals surface area (Å²) in [4.78, 5) is 46.2. The summed E-state index contributed by atoms with van der Waals surface area (Å²) < 4.78 is 15.4. The molecular weight excluding hydrogens is 382 g/mol. The Morgan fingerprint density at radius 3 is 2.10 bits per heavy atom. The van der Waals surface area contributed by atoms with Crippen LogP contribution < -0.4 is 15.2 Å². The molecule has 160 valence electrons. The minimum atomic E-state index is -1.73. The maximum Gasteiger partial charge on any atom is 0.324 e. The van der Waals surface area contributed by atoms with Crippen molar-refractivity contribution in [3.8, 4) is 11.5 Å². The van der Waals surface area contributed by atoms with E-state index in [1.54, 1.807) is 20.8 Å². The van der Waals surface area contributed by atoms with E-state index in [4.69, 9.17) is 19.9 Å². The first-order valence-corrected chi connectivity index (χ1v) is 9.24. The molecule has 0 fully saturated rings. The second-order valence-electron chi connectivity index (χ2n) is 6.70. The average molecular weight is 409 g/mol. The number of carboxylic acid groups (broad SMARTS) is 1. The zero-order valence-electron chi connectivity index (χ0n) is 17.0. The molecule has 0 amide bonds. The summed E-state index contributed by atoms with van der Waals surface area (Å²) in [5.74, 6) is -2.83. The van der Waals surface area contributed by atoms with E-state index in [-0.39, 0.29) is 37.2 Å². The van der Waals surface area contributed by atoms with Gasteiger partial charge in [-0.25, -0.2) is 0 Å². The standard InChI is InChI=1S/C20H27NO8/c1-5-17(23)28-15-8-7-14(9-16(15)29-18(24)6-2)11-20(21,19(25)26)10-12(3)27-13(4)22/h7-9,12H,5-6,10-11,21H2,1-4H3,(H,25,26)/t12-,20?/m0/s1. The van der Waals surface area contributed by atoms with Crippen molar-refractivity contribution >= 4 is 23.9 Å². The zero-order chi connectivity index (χ0) is 22.2. The third kappa shape index (κ3) is 7.53. The number of ether oxygens (including phenoxy) is 3. The van der Waals surface area contributed by atoms with E-state index < -0.39 is 35.5 Å². The van der Waals surface area contributed by atoms with Gasteiger partial charge < -0.3 is 25.1 Å². The summed E-state index contributed by atoms with van der Waals surface area (Å²) in [7, 11) is 0. The van der Waals surface area contributed by atoms with Gasteiger partial charge in [0, 0.05) is 32.6 Å². The molecule has 0 aliphatic rings. The van der Waals surface area contributed by atoms with Crippen molar-refractivity contribution in [1.82, 2.24) is 0 Å². The third-order valence-electron chi connectivity index (χ3n) is 4.00. The number of nitrogens with two attached hydrogens (primary N) is 1. The summed E-state index contributed by atoms with van der Waals surface area (Å²) >= 11 is 0. The number of carbonyl (C=O) groups is 4. The van der Waals surface area contributed by atoms with Gasteiger partial charge in [-0.05, 0) is 24.6 Å². The highest BCUT2D eigenvalue weighted by atomic mass is 16.6. The number of esters is 3. The fraction of sp³-hybridized carbons (Fsp3) is 0.500. The van der Waals surface area contributed by atoms with Gasteiger partial charge in [0.05, 0.1) is 0 Å². The molecule has 1 rings (SSSR count). The fourth-order valence-corrected chi connectivity index (χ4v) is 2.65. The molecule has 0 spiro atoms. The van der Waals surface area contributed by atoms with Crippen LogP contribution in [0.4, 0.5) is 0 Å². The van der Waals surface area contributed by atoms with Gasteiger partial charge in [-0.3, -0.25) is 19.2 Å². The highest BCUT2D eigenvalue weighted by Gasteiger charge is 2.37. The minimum absolute atomic E-state index is 0.00285. The first-order chi connectivity index (χ1) is 13.5. The lowest BCUT2D eigenvalue weighted by molar-refractivity contribution is -0.151. The molecule has 0 aromatic heterocycles.